The molecule has 0 saturated heterocycles. The zero-order chi connectivity index (χ0) is 16.0. The van der Waals surface area contributed by atoms with Crippen molar-refractivity contribution in [2.24, 2.45) is 0 Å². The van der Waals surface area contributed by atoms with Crippen molar-refractivity contribution >= 4 is 21.8 Å². The van der Waals surface area contributed by atoms with Gasteiger partial charge >= 0.3 is 11.8 Å². The molecule has 0 aliphatic carbocycles. The minimum absolute atomic E-state index is 0.248. The van der Waals surface area contributed by atoms with Crippen LogP contribution < -0.4 is 4.72 Å². The fraction of sp³-hybridized carbons (Fsp3) is 0.400. The Hall–Kier alpha value is -2.11. The third-order valence-electron chi connectivity index (χ3n) is 2.45. The SMILES string of the molecule is COC(CNS(=O)(=O)c1ccc([N+](=O)[O-])nc1)CC(=O)O. The Labute approximate surface area is 120 Å². The number of aromatic nitrogens is 1. The lowest BCUT2D eigenvalue weighted by Crippen LogP contribution is -2.34. The molecule has 116 valence electrons. The van der Waals surface area contributed by atoms with Crippen LogP contribution in [0.3, 0.4) is 0 Å². The van der Waals surface area contributed by atoms with Gasteiger partial charge in [-0.15, -0.1) is 0 Å². The van der Waals surface area contributed by atoms with Gasteiger partial charge < -0.3 is 20.0 Å². The molecule has 1 aromatic rings. The third kappa shape index (κ3) is 5.06. The van der Waals surface area contributed by atoms with E-state index in [4.69, 9.17) is 9.84 Å². The van der Waals surface area contributed by atoms with Crippen LogP contribution in [-0.2, 0) is 19.6 Å². The molecule has 11 heteroatoms. The minimum atomic E-state index is -3.95. The molecule has 0 aromatic carbocycles. The van der Waals surface area contributed by atoms with Crippen LogP contribution in [-0.4, -0.2) is 49.2 Å². The van der Waals surface area contributed by atoms with Gasteiger partial charge in [-0.05, 0) is 16.0 Å². The number of ether oxygens (including phenoxy) is 1. The monoisotopic (exact) mass is 319 g/mol. The number of methoxy groups -OCH3 is 1. The number of nitro groups is 1. The van der Waals surface area contributed by atoms with Crippen molar-refractivity contribution in [1.82, 2.24) is 9.71 Å². The van der Waals surface area contributed by atoms with Gasteiger partial charge in [0.25, 0.3) is 0 Å². The normalized spacial score (nSPS) is 12.8. The fourth-order valence-corrected chi connectivity index (χ4v) is 2.37. The lowest BCUT2D eigenvalue weighted by molar-refractivity contribution is -0.389. The third-order valence-corrected chi connectivity index (χ3v) is 3.86. The van der Waals surface area contributed by atoms with Crippen LogP contribution in [0.1, 0.15) is 6.42 Å². The maximum atomic E-state index is 11.9. The highest BCUT2D eigenvalue weighted by Gasteiger charge is 2.21. The largest absolute Gasteiger partial charge is 0.481 e. The number of nitrogens with one attached hydrogen (secondary N) is 1. The summed E-state index contributed by atoms with van der Waals surface area (Å²) in [5, 5.41) is 19.0. The van der Waals surface area contributed by atoms with Crippen molar-refractivity contribution in [3.05, 3.63) is 28.4 Å². The van der Waals surface area contributed by atoms with Crippen molar-refractivity contribution in [2.75, 3.05) is 13.7 Å². The molecule has 0 aliphatic rings. The molecule has 0 aliphatic heterocycles. The van der Waals surface area contributed by atoms with Gasteiger partial charge in [0.2, 0.25) is 10.0 Å². The van der Waals surface area contributed by atoms with Gasteiger partial charge in [-0.25, -0.2) is 13.1 Å². The summed E-state index contributed by atoms with van der Waals surface area (Å²) < 4.78 is 30.8. The molecule has 0 spiro atoms. The van der Waals surface area contributed by atoms with Crippen LogP contribution >= 0.6 is 0 Å². The number of carboxylic acid groups (broad SMARTS) is 1. The standard InChI is InChI=1S/C10H13N3O7S/c1-20-7(4-10(14)15)5-12-21(18,19)8-2-3-9(11-6-8)13(16)17/h2-3,6-7,12H,4-5H2,1H3,(H,14,15). The van der Waals surface area contributed by atoms with E-state index in [0.29, 0.717) is 0 Å². The Kier molecular flexibility index (Phi) is 5.69. The molecule has 2 N–H and O–H groups in total. The second-order valence-electron chi connectivity index (χ2n) is 3.92. The van der Waals surface area contributed by atoms with E-state index < -0.39 is 32.8 Å². The lowest BCUT2D eigenvalue weighted by atomic mass is 10.2. The van der Waals surface area contributed by atoms with Crippen molar-refractivity contribution in [1.29, 1.82) is 0 Å². The summed E-state index contributed by atoms with van der Waals surface area (Å²) >= 11 is 0. The molecule has 10 nitrogen and oxygen atoms in total. The Bertz CT molecular complexity index is 614. The minimum Gasteiger partial charge on any atom is -0.481 e. The number of aliphatic carboxylic acids is 1. The number of hydrogen-bond donors (Lipinski definition) is 2. The average Bonchev–Trinajstić information content (AvgIpc) is 2.43. The van der Waals surface area contributed by atoms with Crippen molar-refractivity contribution in [3.8, 4) is 0 Å². The molecule has 0 saturated carbocycles. The molecule has 0 radical (unpaired) electrons. The van der Waals surface area contributed by atoms with Crippen molar-refractivity contribution < 1.29 is 28.0 Å². The van der Waals surface area contributed by atoms with Crippen LogP contribution in [0.2, 0.25) is 0 Å². The summed E-state index contributed by atoms with van der Waals surface area (Å²) in [5.74, 6) is -1.60. The fourth-order valence-electron chi connectivity index (χ4n) is 1.36. The predicted octanol–water partition coefficient (Wildman–Crippen LogP) is -0.242. The van der Waals surface area contributed by atoms with Crippen LogP contribution in [0, 0.1) is 10.1 Å². The Morgan fingerprint density at radius 3 is 2.67 bits per heavy atom. The highest BCUT2D eigenvalue weighted by Crippen LogP contribution is 2.12. The van der Waals surface area contributed by atoms with Crippen LogP contribution in [0.4, 0.5) is 5.82 Å². The quantitative estimate of drug-likeness (QED) is 0.492. The van der Waals surface area contributed by atoms with Crippen LogP contribution in [0.15, 0.2) is 23.2 Å². The maximum Gasteiger partial charge on any atom is 0.363 e. The highest BCUT2D eigenvalue weighted by molar-refractivity contribution is 7.89. The van der Waals surface area contributed by atoms with E-state index in [0.717, 1.165) is 18.3 Å². The highest BCUT2D eigenvalue weighted by atomic mass is 32.2. The number of carboxylic acids is 1. The number of rotatable bonds is 8. The first-order valence-electron chi connectivity index (χ1n) is 5.61. The van der Waals surface area contributed by atoms with Crippen LogP contribution in [0.5, 0.6) is 0 Å². The zero-order valence-electron chi connectivity index (χ0n) is 10.9. The molecule has 1 aromatic heterocycles. The van der Waals surface area contributed by atoms with Gasteiger partial charge in [0.05, 0.1) is 12.5 Å². The molecule has 21 heavy (non-hydrogen) atoms. The Morgan fingerprint density at radius 2 is 2.24 bits per heavy atom. The van der Waals surface area contributed by atoms with Gasteiger partial charge in [0, 0.05) is 19.7 Å². The van der Waals surface area contributed by atoms with Crippen molar-refractivity contribution in [3.63, 3.8) is 0 Å². The van der Waals surface area contributed by atoms with Crippen LogP contribution in [0.25, 0.3) is 0 Å². The molecule has 0 amide bonds. The second kappa shape index (κ2) is 7.06. The van der Waals surface area contributed by atoms with E-state index in [-0.39, 0.29) is 17.9 Å². The van der Waals surface area contributed by atoms with Gasteiger partial charge in [-0.3, -0.25) is 4.79 Å². The molecule has 1 rings (SSSR count). The Balaban J connectivity index is 2.76. The van der Waals surface area contributed by atoms with Crippen molar-refractivity contribution in [2.45, 2.75) is 17.4 Å². The van der Waals surface area contributed by atoms with E-state index in [2.05, 4.69) is 9.71 Å². The molecule has 1 atom stereocenters. The summed E-state index contributed by atoms with van der Waals surface area (Å²) in [6.07, 6.45) is -0.347. The summed E-state index contributed by atoms with van der Waals surface area (Å²) in [5.41, 5.74) is 0. The molecule has 0 fully saturated rings. The summed E-state index contributed by atoms with van der Waals surface area (Å²) in [4.78, 5) is 23.3. The second-order valence-corrected chi connectivity index (χ2v) is 5.68. The molecule has 0 bridgehead atoms. The number of carbonyl (C=O) groups is 1. The maximum absolute atomic E-state index is 11.9. The zero-order valence-corrected chi connectivity index (χ0v) is 11.7. The summed E-state index contributed by atoms with van der Waals surface area (Å²) in [6.45, 7) is -0.248. The molecule has 1 unspecified atom stereocenters. The summed E-state index contributed by atoms with van der Waals surface area (Å²) in [7, 11) is -2.69. The van der Waals surface area contributed by atoms with Gasteiger partial charge in [-0.2, -0.15) is 0 Å². The topological polar surface area (TPSA) is 149 Å². The smallest absolute Gasteiger partial charge is 0.363 e. The van der Waals surface area contributed by atoms with Gasteiger partial charge in [0.15, 0.2) is 6.20 Å². The number of nitrogens with zero attached hydrogens (tertiary/aromatic N) is 2. The van der Waals surface area contributed by atoms with E-state index in [9.17, 15) is 23.3 Å². The van der Waals surface area contributed by atoms with Gasteiger partial charge in [0.1, 0.15) is 4.90 Å². The Morgan fingerprint density at radius 1 is 1.57 bits per heavy atom. The van der Waals surface area contributed by atoms with E-state index in [1.54, 1.807) is 0 Å². The van der Waals surface area contributed by atoms with Gasteiger partial charge in [-0.1, -0.05) is 0 Å². The summed E-state index contributed by atoms with van der Waals surface area (Å²) in [6, 6.07) is 1.99. The lowest BCUT2D eigenvalue weighted by Gasteiger charge is -2.13. The molecular weight excluding hydrogens is 306 g/mol. The number of sulfonamides is 1. The first-order chi connectivity index (χ1) is 9.76. The van der Waals surface area contributed by atoms with E-state index >= 15 is 0 Å². The average molecular weight is 319 g/mol. The number of hydrogen-bond acceptors (Lipinski definition) is 7. The predicted molar refractivity (Wildman–Crippen MR) is 69.1 cm³/mol. The first-order valence-corrected chi connectivity index (χ1v) is 7.09. The number of pyridine rings is 1. The molecular formula is C10H13N3O7S. The van der Waals surface area contributed by atoms with E-state index in [1.165, 1.54) is 7.11 Å². The van der Waals surface area contributed by atoms with E-state index in [1.807, 2.05) is 0 Å². The molecule has 1 heterocycles. The first kappa shape index (κ1) is 16.9.